The summed E-state index contributed by atoms with van der Waals surface area (Å²) in [5, 5.41) is 9.10. The van der Waals surface area contributed by atoms with E-state index in [0.29, 0.717) is 17.5 Å². The van der Waals surface area contributed by atoms with Gasteiger partial charge in [-0.1, -0.05) is 17.7 Å². The summed E-state index contributed by atoms with van der Waals surface area (Å²) in [6.45, 7) is 3.93. The van der Waals surface area contributed by atoms with Gasteiger partial charge in [-0.15, -0.1) is 0 Å². The molecule has 0 atom stereocenters. The van der Waals surface area contributed by atoms with Gasteiger partial charge >= 0.3 is 0 Å². The topological polar surface area (TPSA) is 91.8 Å². The van der Waals surface area contributed by atoms with E-state index in [4.69, 9.17) is 0 Å². The van der Waals surface area contributed by atoms with Crippen molar-refractivity contribution >= 4 is 34.7 Å². The normalized spacial score (nSPS) is 10.5. The fraction of sp³-hybridized carbons (Fsp3) is 0.0833. The molecule has 4 rings (SSSR count). The smallest absolute Gasteiger partial charge is 0.258 e. The molecule has 2 heterocycles. The highest BCUT2D eigenvalue weighted by atomic mass is 19.1. The van der Waals surface area contributed by atoms with Crippen LogP contribution in [0.5, 0.6) is 0 Å². The van der Waals surface area contributed by atoms with Crippen molar-refractivity contribution in [3.63, 3.8) is 0 Å². The van der Waals surface area contributed by atoms with Gasteiger partial charge < -0.3 is 16.0 Å². The number of carbonyl (C=O) groups is 1. The highest BCUT2D eigenvalue weighted by molar-refractivity contribution is 6.04. The lowest BCUT2D eigenvalue weighted by Gasteiger charge is -2.11. The number of aryl methyl sites for hydroxylation is 2. The van der Waals surface area contributed by atoms with Gasteiger partial charge in [-0.3, -0.25) is 9.78 Å². The second-order valence-electron chi connectivity index (χ2n) is 7.22. The standard InChI is InChI=1S/C24H21FN6O/c1-15-3-5-17(6-4-15)28-22-13-16(2)27-24(31-22)30-19-9-7-18(8-10-19)29-23(32)20-11-12-26-14-21(20)25/h3-14H,1-2H3,(H,29,32)(H2,27,28,30,31). The molecule has 7 nitrogen and oxygen atoms in total. The van der Waals surface area contributed by atoms with Crippen LogP contribution < -0.4 is 16.0 Å². The van der Waals surface area contributed by atoms with Crippen LogP contribution in [-0.2, 0) is 0 Å². The van der Waals surface area contributed by atoms with Crippen LogP contribution in [0.15, 0.2) is 73.1 Å². The SMILES string of the molecule is Cc1ccc(Nc2cc(C)nc(Nc3ccc(NC(=O)c4ccncc4F)cc3)n2)cc1. The van der Waals surface area contributed by atoms with Crippen molar-refractivity contribution in [3.8, 4) is 0 Å². The first-order valence-electron chi connectivity index (χ1n) is 9.93. The highest BCUT2D eigenvalue weighted by Gasteiger charge is 2.11. The number of nitrogens with zero attached hydrogens (tertiary/aromatic N) is 3. The molecular formula is C24H21FN6O. The Labute approximate surface area is 184 Å². The predicted octanol–water partition coefficient (Wildman–Crippen LogP) is 5.37. The maximum absolute atomic E-state index is 13.7. The van der Waals surface area contributed by atoms with Crippen LogP contribution in [0.3, 0.4) is 0 Å². The Morgan fingerprint density at radius 3 is 2.22 bits per heavy atom. The highest BCUT2D eigenvalue weighted by Crippen LogP contribution is 2.21. The van der Waals surface area contributed by atoms with E-state index in [9.17, 15) is 9.18 Å². The van der Waals surface area contributed by atoms with Crippen molar-refractivity contribution in [2.45, 2.75) is 13.8 Å². The number of benzene rings is 2. The summed E-state index contributed by atoms with van der Waals surface area (Å²) in [5.41, 5.74) is 4.13. The molecule has 0 saturated carbocycles. The minimum Gasteiger partial charge on any atom is -0.340 e. The van der Waals surface area contributed by atoms with Gasteiger partial charge in [0.15, 0.2) is 5.82 Å². The Morgan fingerprint density at radius 1 is 0.844 bits per heavy atom. The van der Waals surface area contributed by atoms with E-state index in [-0.39, 0.29) is 5.56 Å². The summed E-state index contributed by atoms with van der Waals surface area (Å²) >= 11 is 0. The zero-order valence-corrected chi connectivity index (χ0v) is 17.6. The summed E-state index contributed by atoms with van der Waals surface area (Å²) in [7, 11) is 0. The van der Waals surface area contributed by atoms with Gasteiger partial charge in [0.1, 0.15) is 5.82 Å². The number of amides is 1. The number of pyridine rings is 1. The Hall–Kier alpha value is -4.33. The Kier molecular flexibility index (Phi) is 6.03. The van der Waals surface area contributed by atoms with Gasteiger partial charge in [-0.05, 0) is 56.3 Å². The molecule has 1 amide bonds. The van der Waals surface area contributed by atoms with Crippen molar-refractivity contribution < 1.29 is 9.18 Å². The molecule has 0 fully saturated rings. The van der Waals surface area contributed by atoms with Crippen LogP contribution >= 0.6 is 0 Å². The number of carbonyl (C=O) groups excluding carboxylic acids is 1. The van der Waals surface area contributed by atoms with Crippen LogP contribution in [0.25, 0.3) is 0 Å². The van der Waals surface area contributed by atoms with Crippen molar-refractivity contribution in [1.82, 2.24) is 15.0 Å². The van der Waals surface area contributed by atoms with Crippen LogP contribution in [-0.4, -0.2) is 20.9 Å². The van der Waals surface area contributed by atoms with Gasteiger partial charge in [0.25, 0.3) is 5.91 Å². The molecule has 4 aromatic rings. The summed E-state index contributed by atoms with van der Waals surface area (Å²) in [5.74, 6) is -0.100. The lowest BCUT2D eigenvalue weighted by Crippen LogP contribution is -2.13. The summed E-state index contributed by atoms with van der Waals surface area (Å²) < 4.78 is 13.7. The fourth-order valence-electron chi connectivity index (χ4n) is 3.00. The van der Waals surface area contributed by atoms with E-state index in [0.717, 1.165) is 23.3 Å². The third-order valence-electron chi connectivity index (χ3n) is 4.59. The molecule has 0 saturated heterocycles. The predicted molar refractivity (Wildman–Crippen MR) is 123 cm³/mol. The largest absolute Gasteiger partial charge is 0.340 e. The number of hydrogen-bond acceptors (Lipinski definition) is 6. The molecule has 0 radical (unpaired) electrons. The molecule has 160 valence electrons. The quantitative estimate of drug-likeness (QED) is 0.383. The first kappa shape index (κ1) is 20.9. The van der Waals surface area contributed by atoms with Gasteiger partial charge in [0, 0.05) is 35.0 Å². The van der Waals surface area contributed by atoms with Crippen LogP contribution in [0, 0.1) is 19.7 Å². The number of halogens is 1. The van der Waals surface area contributed by atoms with Crippen molar-refractivity contribution in [3.05, 3.63) is 95.7 Å². The van der Waals surface area contributed by atoms with Gasteiger partial charge in [0.2, 0.25) is 5.95 Å². The van der Waals surface area contributed by atoms with E-state index in [1.807, 2.05) is 44.2 Å². The van der Waals surface area contributed by atoms with E-state index in [1.54, 1.807) is 24.3 Å². The summed E-state index contributed by atoms with van der Waals surface area (Å²) in [4.78, 5) is 24.8. The molecule has 0 aliphatic rings. The van der Waals surface area contributed by atoms with E-state index in [2.05, 4.69) is 30.9 Å². The zero-order chi connectivity index (χ0) is 22.5. The van der Waals surface area contributed by atoms with Crippen molar-refractivity contribution in [2.75, 3.05) is 16.0 Å². The first-order chi connectivity index (χ1) is 15.5. The van der Waals surface area contributed by atoms with Gasteiger partial charge in [-0.2, -0.15) is 4.98 Å². The second kappa shape index (κ2) is 9.22. The van der Waals surface area contributed by atoms with E-state index in [1.165, 1.54) is 17.8 Å². The lowest BCUT2D eigenvalue weighted by molar-refractivity contribution is 0.102. The Bertz CT molecular complexity index is 1240. The first-order valence-corrected chi connectivity index (χ1v) is 9.93. The van der Waals surface area contributed by atoms with Crippen LogP contribution in [0.2, 0.25) is 0 Å². The number of nitrogens with one attached hydrogen (secondary N) is 3. The third kappa shape index (κ3) is 5.23. The van der Waals surface area contributed by atoms with Crippen molar-refractivity contribution in [2.24, 2.45) is 0 Å². The molecule has 0 spiro atoms. The second-order valence-corrected chi connectivity index (χ2v) is 7.22. The van der Waals surface area contributed by atoms with Crippen molar-refractivity contribution in [1.29, 1.82) is 0 Å². The molecule has 2 aromatic heterocycles. The molecule has 0 aliphatic carbocycles. The molecular weight excluding hydrogens is 407 g/mol. The molecule has 3 N–H and O–H groups in total. The number of aromatic nitrogens is 3. The maximum atomic E-state index is 13.7. The third-order valence-corrected chi connectivity index (χ3v) is 4.59. The fourth-order valence-corrected chi connectivity index (χ4v) is 3.00. The molecule has 0 bridgehead atoms. The van der Waals surface area contributed by atoms with E-state index >= 15 is 0 Å². The number of anilines is 5. The van der Waals surface area contributed by atoms with Crippen LogP contribution in [0.1, 0.15) is 21.6 Å². The summed E-state index contributed by atoms with van der Waals surface area (Å²) in [6, 6.07) is 18.2. The summed E-state index contributed by atoms with van der Waals surface area (Å²) in [6.07, 6.45) is 2.38. The van der Waals surface area contributed by atoms with Gasteiger partial charge in [-0.25, -0.2) is 9.37 Å². The monoisotopic (exact) mass is 428 g/mol. The lowest BCUT2D eigenvalue weighted by atomic mass is 10.2. The Morgan fingerprint density at radius 2 is 1.50 bits per heavy atom. The molecule has 0 aliphatic heterocycles. The Balaban J connectivity index is 1.44. The average molecular weight is 428 g/mol. The average Bonchev–Trinajstić information content (AvgIpc) is 2.76. The minimum atomic E-state index is -0.671. The van der Waals surface area contributed by atoms with Gasteiger partial charge in [0.05, 0.1) is 11.8 Å². The maximum Gasteiger partial charge on any atom is 0.258 e. The molecule has 32 heavy (non-hydrogen) atoms. The number of hydrogen-bond donors (Lipinski definition) is 3. The number of rotatable bonds is 6. The zero-order valence-electron chi connectivity index (χ0n) is 17.6. The molecule has 2 aromatic carbocycles. The minimum absolute atomic E-state index is 0.0658. The van der Waals surface area contributed by atoms with E-state index < -0.39 is 11.7 Å². The molecule has 0 unspecified atom stereocenters. The molecule has 8 heteroatoms. The van der Waals surface area contributed by atoms with Crippen LogP contribution in [0.4, 0.5) is 33.2 Å².